The largest absolute Gasteiger partial charge is 0.309 e. The van der Waals surface area contributed by atoms with Crippen molar-refractivity contribution in [2.75, 3.05) is 0 Å². The van der Waals surface area contributed by atoms with E-state index in [1.165, 1.54) is 34.4 Å². The number of fused-ring (bicyclic) bond motifs is 6. The Bertz CT molecular complexity index is 2050. The molecule has 6 aromatic rings. The van der Waals surface area contributed by atoms with Gasteiger partial charge in [-0.3, -0.25) is 0 Å². The number of hydrogen-bond donors (Lipinski definition) is 0. The van der Waals surface area contributed by atoms with Crippen molar-refractivity contribution in [1.82, 2.24) is 4.57 Å². The van der Waals surface area contributed by atoms with E-state index in [9.17, 15) is 22.0 Å². The Balaban J connectivity index is 1.53. The molecule has 204 valence electrons. The third-order valence-electron chi connectivity index (χ3n) is 8.59. The maximum atomic E-state index is 14.7. The summed E-state index contributed by atoms with van der Waals surface area (Å²) in [6, 6.07) is 23.9. The molecule has 1 nitrogen and oxygen atoms in total. The molecule has 0 amide bonds. The van der Waals surface area contributed by atoms with Crippen LogP contribution in [0.25, 0.3) is 49.7 Å². The molecule has 1 heterocycles. The molecule has 0 aliphatic heterocycles. The van der Waals surface area contributed by atoms with E-state index in [1.54, 1.807) is 13.8 Å². The minimum absolute atomic E-state index is 0.0743. The second-order valence-corrected chi connectivity index (χ2v) is 11.3. The predicted molar refractivity (Wildman–Crippen MR) is 153 cm³/mol. The van der Waals surface area contributed by atoms with Gasteiger partial charge in [0.2, 0.25) is 5.82 Å². The van der Waals surface area contributed by atoms with Gasteiger partial charge in [-0.15, -0.1) is 0 Å². The maximum absolute atomic E-state index is 14.7. The summed E-state index contributed by atoms with van der Waals surface area (Å²) in [7, 11) is 0. The summed E-state index contributed by atoms with van der Waals surface area (Å²) in [4.78, 5) is 0. The summed E-state index contributed by atoms with van der Waals surface area (Å²) >= 11 is 0. The third kappa shape index (κ3) is 3.33. The Labute approximate surface area is 233 Å². The van der Waals surface area contributed by atoms with Gasteiger partial charge in [0.15, 0.2) is 23.3 Å². The zero-order valence-corrected chi connectivity index (χ0v) is 22.8. The van der Waals surface area contributed by atoms with Gasteiger partial charge in [0.25, 0.3) is 0 Å². The fourth-order valence-electron chi connectivity index (χ4n) is 6.72. The Morgan fingerprint density at radius 3 is 1.83 bits per heavy atom. The van der Waals surface area contributed by atoms with Crippen LogP contribution in [0.4, 0.5) is 22.0 Å². The van der Waals surface area contributed by atoms with E-state index in [-0.39, 0.29) is 11.0 Å². The molecule has 1 aliphatic carbocycles. The molecule has 0 radical (unpaired) electrons. The Morgan fingerprint density at radius 1 is 0.561 bits per heavy atom. The number of aryl methyl sites for hydroxylation is 2. The molecule has 0 unspecified atom stereocenters. The highest BCUT2D eigenvalue weighted by Gasteiger charge is 2.36. The number of nitrogens with zero attached hydrogens (tertiary/aromatic N) is 1. The van der Waals surface area contributed by atoms with Crippen LogP contribution in [-0.2, 0) is 5.41 Å². The van der Waals surface area contributed by atoms with E-state index in [4.69, 9.17) is 0 Å². The molecule has 0 saturated heterocycles. The highest BCUT2D eigenvalue weighted by atomic mass is 19.2. The fraction of sp³-hybridized carbons (Fsp3) is 0.143. The van der Waals surface area contributed by atoms with Gasteiger partial charge in [-0.2, -0.15) is 0 Å². The summed E-state index contributed by atoms with van der Waals surface area (Å²) in [6.07, 6.45) is 0. The number of hydrogen-bond acceptors (Lipinski definition) is 0. The van der Waals surface area contributed by atoms with Crippen LogP contribution in [0.1, 0.15) is 36.1 Å². The zero-order valence-electron chi connectivity index (χ0n) is 22.8. The Morgan fingerprint density at radius 2 is 1.15 bits per heavy atom. The average Bonchev–Trinajstić information content (AvgIpc) is 3.38. The number of para-hydroxylation sites is 1. The lowest BCUT2D eigenvalue weighted by atomic mass is 9.82. The molecule has 0 fully saturated rings. The fourth-order valence-corrected chi connectivity index (χ4v) is 6.72. The molecule has 0 spiro atoms. The van der Waals surface area contributed by atoms with Crippen LogP contribution < -0.4 is 0 Å². The minimum atomic E-state index is -2.17. The Kier molecular flexibility index (Phi) is 5.31. The first kappa shape index (κ1) is 25.5. The van der Waals surface area contributed by atoms with Gasteiger partial charge in [0.1, 0.15) is 0 Å². The van der Waals surface area contributed by atoms with Crippen molar-refractivity contribution in [2.24, 2.45) is 0 Å². The molecule has 0 atom stereocenters. The molecule has 41 heavy (non-hydrogen) atoms. The third-order valence-corrected chi connectivity index (χ3v) is 8.59. The summed E-state index contributed by atoms with van der Waals surface area (Å²) in [5.74, 6) is -9.78. The van der Waals surface area contributed by atoms with Crippen LogP contribution in [0.15, 0.2) is 72.8 Å². The highest BCUT2D eigenvalue weighted by Crippen LogP contribution is 2.51. The lowest BCUT2D eigenvalue weighted by Gasteiger charge is -2.22. The molecule has 0 saturated carbocycles. The summed E-state index contributed by atoms with van der Waals surface area (Å²) in [6.45, 7) is 8.00. The highest BCUT2D eigenvalue weighted by molar-refractivity contribution is 6.11. The molecule has 0 N–H and O–H groups in total. The van der Waals surface area contributed by atoms with Crippen molar-refractivity contribution in [2.45, 2.75) is 33.1 Å². The second kappa shape index (κ2) is 8.53. The molecule has 1 aliphatic rings. The summed E-state index contributed by atoms with van der Waals surface area (Å²) < 4.78 is 73.4. The molecular formula is C35H24F5N. The van der Waals surface area contributed by atoms with Crippen molar-refractivity contribution in [3.8, 4) is 27.9 Å². The SMILES string of the molecule is Cc1cc(-c2c(F)c(F)c(F)c(F)c2F)cc(C)c1-n1c2ccccc2c2cc3c(cc21)C(C)(C)c1ccccc1-3. The van der Waals surface area contributed by atoms with Gasteiger partial charge >= 0.3 is 0 Å². The lowest BCUT2D eigenvalue weighted by molar-refractivity contribution is 0.381. The number of aromatic nitrogens is 1. The van der Waals surface area contributed by atoms with Gasteiger partial charge in [-0.1, -0.05) is 56.3 Å². The van der Waals surface area contributed by atoms with Crippen LogP contribution >= 0.6 is 0 Å². The van der Waals surface area contributed by atoms with E-state index >= 15 is 0 Å². The molecule has 5 aromatic carbocycles. The first-order chi connectivity index (χ1) is 19.5. The van der Waals surface area contributed by atoms with Gasteiger partial charge in [0.05, 0.1) is 22.3 Å². The van der Waals surface area contributed by atoms with Crippen molar-refractivity contribution in [3.05, 3.63) is 124 Å². The summed E-state index contributed by atoms with van der Waals surface area (Å²) in [5.41, 5.74) is 7.62. The molecule has 7 rings (SSSR count). The van der Waals surface area contributed by atoms with Crippen LogP contribution in [-0.4, -0.2) is 4.57 Å². The number of halogens is 5. The predicted octanol–water partition coefficient (Wildman–Crippen LogP) is 10.1. The molecule has 6 heteroatoms. The average molecular weight is 554 g/mol. The monoisotopic (exact) mass is 553 g/mol. The van der Waals surface area contributed by atoms with E-state index in [0.29, 0.717) is 11.1 Å². The van der Waals surface area contributed by atoms with Crippen molar-refractivity contribution >= 4 is 21.8 Å². The number of benzene rings is 5. The van der Waals surface area contributed by atoms with Crippen LogP contribution in [0, 0.1) is 42.9 Å². The van der Waals surface area contributed by atoms with Gasteiger partial charge in [-0.05, 0) is 83.1 Å². The quantitative estimate of drug-likeness (QED) is 0.114. The van der Waals surface area contributed by atoms with Gasteiger partial charge in [-0.25, -0.2) is 22.0 Å². The van der Waals surface area contributed by atoms with E-state index in [0.717, 1.165) is 27.5 Å². The zero-order chi connectivity index (χ0) is 29.0. The van der Waals surface area contributed by atoms with E-state index in [2.05, 4.69) is 60.9 Å². The van der Waals surface area contributed by atoms with Gasteiger partial charge < -0.3 is 4.57 Å². The Hall–Kier alpha value is -4.45. The van der Waals surface area contributed by atoms with Crippen LogP contribution in [0.3, 0.4) is 0 Å². The maximum Gasteiger partial charge on any atom is 0.200 e. The second-order valence-electron chi connectivity index (χ2n) is 11.3. The number of rotatable bonds is 2. The smallest absolute Gasteiger partial charge is 0.200 e. The van der Waals surface area contributed by atoms with E-state index in [1.807, 2.05) is 18.2 Å². The first-order valence-electron chi connectivity index (χ1n) is 13.3. The van der Waals surface area contributed by atoms with E-state index < -0.39 is 34.6 Å². The lowest BCUT2D eigenvalue weighted by Crippen LogP contribution is -2.15. The van der Waals surface area contributed by atoms with Crippen molar-refractivity contribution < 1.29 is 22.0 Å². The molecular weight excluding hydrogens is 529 g/mol. The van der Waals surface area contributed by atoms with Crippen LogP contribution in [0.5, 0.6) is 0 Å². The standard InChI is InChI=1S/C35H24F5N/c1-17-13-19(28-29(36)31(38)33(40)32(39)30(28)37)14-18(2)34(17)41-26-12-8-6-10-21(26)23-15-22-20-9-5-7-11-24(20)35(3,4)25(22)16-27(23)41/h5-16H,1-4H3. The van der Waals surface area contributed by atoms with Crippen molar-refractivity contribution in [1.29, 1.82) is 0 Å². The molecule has 0 bridgehead atoms. The summed E-state index contributed by atoms with van der Waals surface area (Å²) in [5, 5.41) is 2.12. The minimum Gasteiger partial charge on any atom is -0.309 e. The van der Waals surface area contributed by atoms with Crippen LogP contribution in [0.2, 0.25) is 0 Å². The van der Waals surface area contributed by atoms with Crippen molar-refractivity contribution in [3.63, 3.8) is 0 Å². The normalized spacial score (nSPS) is 13.7. The van der Waals surface area contributed by atoms with Gasteiger partial charge in [0, 0.05) is 16.2 Å². The topological polar surface area (TPSA) is 4.93 Å². The molecule has 1 aromatic heterocycles. The first-order valence-corrected chi connectivity index (χ1v) is 13.3.